The van der Waals surface area contributed by atoms with E-state index < -0.39 is 17.5 Å². The molecule has 0 radical (unpaired) electrons. The van der Waals surface area contributed by atoms with Crippen molar-refractivity contribution < 1.29 is 19.1 Å². The Hall–Kier alpha value is -3.19. The van der Waals surface area contributed by atoms with Crippen LogP contribution in [0.1, 0.15) is 109 Å². The predicted molar refractivity (Wildman–Crippen MR) is 163 cm³/mol. The number of urea groups is 2. The second kappa shape index (κ2) is 15.3. The fraction of sp³-hybridized carbons (Fsp3) is 0.844. The molecule has 238 valence electrons. The molecule has 0 bridgehead atoms. The standard InChI is InChI=1S/C32H56N6O4/c1-27(2,13-14-33)15-28(3,4)18-36-25(39)38(20-30(7,8)17-32(11,12)22-42-24-35)26(40)37-19-29(5,6)16-31(9,10)21-41-23-34/h13,15-22H2,1-12H3,(H,36,39)(H,37,40). The molecule has 0 rings (SSSR count). The Bertz CT molecular complexity index is 1030. The van der Waals surface area contributed by atoms with Crippen molar-refractivity contribution in [1.29, 1.82) is 15.8 Å². The van der Waals surface area contributed by atoms with Crippen molar-refractivity contribution in [3.63, 3.8) is 0 Å². The number of ether oxygens (including phenoxy) is 2. The molecular weight excluding hydrogens is 532 g/mol. The third kappa shape index (κ3) is 16.3. The third-order valence-electron chi connectivity index (χ3n) is 7.00. The minimum Gasteiger partial charge on any atom is -0.427 e. The van der Waals surface area contributed by atoms with Gasteiger partial charge in [-0.3, -0.25) is 0 Å². The normalized spacial score (nSPS) is 12.8. The van der Waals surface area contributed by atoms with Gasteiger partial charge in [-0.05, 0) is 40.9 Å². The Balaban J connectivity index is 5.85. The van der Waals surface area contributed by atoms with Crippen LogP contribution in [0.3, 0.4) is 0 Å². The van der Waals surface area contributed by atoms with Crippen molar-refractivity contribution in [2.24, 2.45) is 32.5 Å². The zero-order valence-corrected chi connectivity index (χ0v) is 28.3. The minimum absolute atomic E-state index is 0.156. The molecule has 0 aliphatic heterocycles. The third-order valence-corrected chi connectivity index (χ3v) is 7.00. The number of nitrogens with one attached hydrogen (secondary N) is 2. The lowest BCUT2D eigenvalue weighted by Gasteiger charge is -2.38. The average Bonchev–Trinajstić information content (AvgIpc) is 2.80. The number of hydrogen-bond donors (Lipinski definition) is 2. The van der Waals surface area contributed by atoms with Crippen LogP contribution in [0.25, 0.3) is 0 Å². The molecule has 0 spiro atoms. The highest BCUT2D eigenvalue weighted by Crippen LogP contribution is 2.37. The van der Waals surface area contributed by atoms with Gasteiger partial charge >= 0.3 is 12.1 Å². The average molecular weight is 589 g/mol. The van der Waals surface area contributed by atoms with Gasteiger partial charge in [0, 0.05) is 36.9 Å². The van der Waals surface area contributed by atoms with Crippen molar-refractivity contribution >= 4 is 12.1 Å². The van der Waals surface area contributed by atoms with Crippen molar-refractivity contribution in [2.75, 3.05) is 32.8 Å². The second-order valence-electron chi connectivity index (χ2n) is 16.5. The Kier molecular flexibility index (Phi) is 14.2. The van der Waals surface area contributed by atoms with Gasteiger partial charge in [-0.15, -0.1) is 0 Å². The van der Waals surface area contributed by atoms with Crippen LogP contribution in [-0.4, -0.2) is 49.8 Å². The SMILES string of the molecule is CC(C)(CC#N)CC(C)(C)CNC(=O)N(CC(C)(C)CC(C)(C)COC#N)C(=O)NCC(C)(C)CC(C)(C)COC#N. The zero-order valence-electron chi connectivity index (χ0n) is 28.3. The van der Waals surface area contributed by atoms with E-state index in [9.17, 15) is 14.9 Å². The first-order valence-electron chi connectivity index (χ1n) is 14.6. The van der Waals surface area contributed by atoms with Gasteiger partial charge in [-0.25, -0.2) is 14.5 Å². The molecule has 0 aromatic heterocycles. The van der Waals surface area contributed by atoms with Gasteiger partial charge in [-0.2, -0.15) is 15.8 Å². The highest BCUT2D eigenvalue weighted by Gasteiger charge is 2.37. The Morgan fingerprint density at radius 1 is 0.595 bits per heavy atom. The van der Waals surface area contributed by atoms with Gasteiger partial charge in [0.1, 0.15) is 13.2 Å². The van der Waals surface area contributed by atoms with Crippen LogP contribution in [0.5, 0.6) is 0 Å². The van der Waals surface area contributed by atoms with E-state index in [2.05, 4.69) is 16.7 Å². The number of hydrogen-bond acceptors (Lipinski definition) is 7. The smallest absolute Gasteiger partial charge is 0.325 e. The lowest BCUT2D eigenvalue weighted by atomic mass is 9.73. The highest BCUT2D eigenvalue weighted by atomic mass is 16.5. The molecule has 0 heterocycles. The summed E-state index contributed by atoms with van der Waals surface area (Å²) in [4.78, 5) is 28.4. The number of amides is 4. The summed E-state index contributed by atoms with van der Waals surface area (Å²) in [5.74, 6) is 0. The second-order valence-corrected chi connectivity index (χ2v) is 16.5. The molecule has 0 saturated heterocycles. The molecular formula is C32H56N6O4. The molecule has 0 fully saturated rings. The quantitative estimate of drug-likeness (QED) is 0.175. The Morgan fingerprint density at radius 2 is 0.952 bits per heavy atom. The predicted octanol–water partition coefficient (Wildman–Crippen LogP) is 6.94. The van der Waals surface area contributed by atoms with Crippen LogP contribution in [0.4, 0.5) is 9.59 Å². The molecule has 0 aromatic rings. The molecule has 42 heavy (non-hydrogen) atoms. The first-order valence-corrected chi connectivity index (χ1v) is 14.6. The van der Waals surface area contributed by atoms with E-state index in [0.717, 1.165) is 6.42 Å². The van der Waals surface area contributed by atoms with Gasteiger partial charge in [0.2, 0.25) is 0 Å². The summed E-state index contributed by atoms with van der Waals surface area (Å²) in [7, 11) is 0. The summed E-state index contributed by atoms with van der Waals surface area (Å²) in [6.45, 7) is 25.5. The number of imide groups is 1. The highest BCUT2D eigenvalue weighted by molar-refractivity contribution is 5.93. The van der Waals surface area contributed by atoms with Gasteiger partial charge in [0.05, 0.1) is 6.07 Å². The van der Waals surface area contributed by atoms with Crippen LogP contribution in [-0.2, 0) is 9.47 Å². The number of nitriles is 3. The molecule has 0 saturated carbocycles. The number of carbonyl (C=O) groups is 2. The van der Waals surface area contributed by atoms with Gasteiger partial charge in [0.15, 0.2) is 0 Å². The minimum atomic E-state index is -0.492. The lowest BCUT2D eigenvalue weighted by molar-refractivity contribution is 0.0822. The summed E-state index contributed by atoms with van der Waals surface area (Å²) < 4.78 is 9.98. The Morgan fingerprint density at radius 3 is 1.31 bits per heavy atom. The first-order chi connectivity index (χ1) is 18.9. The van der Waals surface area contributed by atoms with Crippen LogP contribution < -0.4 is 10.6 Å². The number of rotatable bonds is 17. The van der Waals surface area contributed by atoms with Crippen molar-refractivity contribution in [3.8, 4) is 18.6 Å². The van der Waals surface area contributed by atoms with E-state index in [1.165, 1.54) is 4.90 Å². The largest absolute Gasteiger partial charge is 0.427 e. The zero-order chi connectivity index (χ0) is 33.0. The molecule has 0 atom stereocenters. The molecule has 10 heteroatoms. The summed E-state index contributed by atoms with van der Waals surface area (Å²) in [6.07, 6.45) is 5.85. The first kappa shape index (κ1) is 38.8. The van der Waals surface area contributed by atoms with E-state index in [0.29, 0.717) is 32.4 Å². The Labute approximate surface area is 255 Å². The van der Waals surface area contributed by atoms with Crippen LogP contribution >= 0.6 is 0 Å². The van der Waals surface area contributed by atoms with Crippen molar-refractivity contribution in [2.45, 2.75) is 109 Å². The van der Waals surface area contributed by atoms with Crippen LogP contribution in [0.2, 0.25) is 0 Å². The molecule has 4 amide bonds. The summed E-state index contributed by atoms with van der Waals surface area (Å²) in [5, 5.41) is 32.8. The molecule has 0 aliphatic carbocycles. The lowest BCUT2D eigenvalue weighted by Crippen LogP contribution is -2.54. The van der Waals surface area contributed by atoms with Gasteiger partial charge < -0.3 is 20.1 Å². The van der Waals surface area contributed by atoms with Crippen molar-refractivity contribution in [3.05, 3.63) is 0 Å². The number of carbonyl (C=O) groups excluding carboxylic acids is 2. The maximum absolute atomic E-state index is 13.6. The van der Waals surface area contributed by atoms with E-state index in [4.69, 9.17) is 20.0 Å². The summed E-state index contributed by atoms with van der Waals surface area (Å²) in [6, 6.07) is 1.26. The van der Waals surface area contributed by atoms with Crippen LogP contribution in [0.15, 0.2) is 0 Å². The summed E-state index contributed by atoms with van der Waals surface area (Å²) in [5.41, 5.74) is -1.97. The van der Waals surface area contributed by atoms with E-state index in [-0.39, 0.29) is 46.8 Å². The molecule has 0 aromatic carbocycles. The fourth-order valence-corrected chi connectivity index (χ4v) is 6.39. The maximum Gasteiger partial charge on any atom is 0.325 e. The fourth-order valence-electron chi connectivity index (χ4n) is 6.39. The summed E-state index contributed by atoms with van der Waals surface area (Å²) >= 11 is 0. The van der Waals surface area contributed by atoms with E-state index in [1.54, 1.807) is 12.5 Å². The van der Waals surface area contributed by atoms with E-state index >= 15 is 0 Å². The van der Waals surface area contributed by atoms with E-state index in [1.807, 2.05) is 83.1 Å². The maximum atomic E-state index is 13.6. The molecule has 2 N–H and O–H groups in total. The molecule has 10 nitrogen and oxygen atoms in total. The molecule has 0 unspecified atom stereocenters. The van der Waals surface area contributed by atoms with Crippen molar-refractivity contribution in [1.82, 2.24) is 15.5 Å². The molecule has 0 aliphatic rings. The monoisotopic (exact) mass is 588 g/mol. The van der Waals surface area contributed by atoms with Crippen LogP contribution in [0, 0.1) is 66.9 Å². The number of nitrogens with zero attached hydrogens (tertiary/aromatic N) is 4. The van der Waals surface area contributed by atoms with Gasteiger partial charge in [-0.1, -0.05) is 83.1 Å². The van der Waals surface area contributed by atoms with Gasteiger partial charge in [0.25, 0.3) is 12.5 Å². The topological polar surface area (TPSA) is 151 Å².